The summed E-state index contributed by atoms with van der Waals surface area (Å²) in [5, 5.41) is 13.2. The molecule has 0 bridgehead atoms. The van der Waals surface area contributed by atoms with E-state index in [9.17, 15) is 9.59 Å². The Bertz CT molecular complexity index is 717. The van der Waals surface area contributed by atoms with Gasteiger partial charge in [-0.15, -0.1) is 0 Å². The molecule has 0 amide bonds. The lowest BCUT2D eigenvalue weighted by Crippen LogP contribution is -2.27. The highest BCUT2D eigenvalue weighted by Gasteiger charge is 2.17. The van der Waals surface area contributed by atoms with Gasteiger partial charge >= 0.3 is 11.7 Å². The van der Waals surface area contributed by atoms with E-state index in [1.807, 2.05) is 0 Å². The van der Waals surface area contributed by atoms with E-state index in [1.165, 1.54) is 10.7 Å². The Hall–Kier alpha value is -2.44. The summed E-state index contributed by atoms with van der Waals surface area (Å²) in [4.78, 5) is 27.0. The predicted molar refractivity (Wildman–Crippen MR) is 69.7 cm³/mol. The van der Waals surface area contributed by atoms with Crippen molar-refractivity contribution in [3.05, 3.63) is 45.9 Å². The maximum absolute atomic E-state index is 12.2. The molecule has 0 fully saturated rings. The minimum atomic E-state index is -1.08. The molecule has 104 valence electrons. The van der Waals surface area contributed by atoms with Crippen molar-refractivity contribution in [2.24, 2.45) is 0 Å². The lowest BCUT2D eigenvalue weighted by Gasteiger charge is -2.09. The molecule has 1 aliphatic rings. The third kappa shape index (κ3) is 2.22. The second-order valence-corrected chi connectivity index (χ2v) is 4.78. The van der Waals surface area contributed by atoms with Crippen molar-refractivity contribution in [2.45, 2.75) is 32.4 Å². The first-order chi connectivity index (χ1) is 9.65. The molecular weight excluding hydrogens is 260 g/mol. The standard InChI is InChI=1S/C13H14N4O3/c18-12(19)10-5-3-4-9(14-10)8-17-13(20)16-7-2-1-6-11(16)15-17/h3-5H,1-2,6-8H2,(H,18,19). The first-order valence-corrected chi connectivity index (χ1v) is 6.51. The number of carboxylic acid groups (broad SMARTS) is 1. The molecule has 3 heterocycles. The van der Waals surface area contributed by atoms with Gasteiger partial charge in [-0.25, -0.2) is 19.3 Å². The van der Waals surface area contributed by atoms with E-state index in [0.717, 1.165) is 25.1 Å². The molecule has 0 aliphatic carbocycles. The van der Waals surface area contributed by atoms with Crippen LogP contribution in [0.4, 0.5) is 0 Å². The van der Waals surface area contributed by atoms with Gasteiger partial charge in [0.2, 0.25) is 0 Å². The molecule has 0 saturated carbocycles. The molecular formula is C13H14N4O3. The summed E-state index contributed by atoms with van der Waals surface area (Å²) in [5.74, 6) is -0.279. The second-order valence-electron chi connectivity index (χ2n) is 4.78. The third-order valence-corrected chi connectivity index (χ3v) is 3.37. The van der Waals surface area contributed by atoms with Crippen LogP contribution in [-0.2, 0) is 19.5 Å². The average Bonchev–Trinajstić information content (AvgIpc) is 2.76. The van der Waals surface area contributed by atoms with Gasteiger partial charge in [0.05, 0.1) is 12.2 Å². The van der Waals surface area contributed by atoms with E-state index in [4.69, 9.17) is 5.11 Å². The molecule has 2 aromatic heterocycles. The van der Waals surface area contributed by atoms with Gasteiger partial charge in [0.25, 0.3) is 0 Å². The van der Waals surface area contributed by atoms with E-state index in [1.54, 1.807) is 16.7 Å². The molecule has 20 heavy (non-hydrogen) atoms. The van der Waals surface area contributed by atoms with Gasteiger partial charge in [0.1, 0.15) is 11.5 Å². The largest absolute Gasteiger partial charge is 0.477 e. The third-order valence-electron chi connectivity index (χ3n) is 3.37. The summed E-state index contributed by atoms with van der Waals surface area (Å²) in [6.45, 7) is 0.900. The van der Waals surface area contributed by atoms with Crippen molar-refractivity contribution in [3.63, 3.8) is 0 Å². The number of aromatic nitrogens is 4. The Morgan fingerprint density at radius 2 is 2.20 bits per heavy atom. The Balaban J connectivity index is 1.92. The second kappa shape index (κ2) is 4.92. The lowest BCUT2D eigenvalue weighted by molar-refractivity contribution is 0.0690. The van der Waals surface area contributed by atoms with Crippen LogP contribution < -0.4 is 5.69 Å². The number of hydrogen-bond acceptors (Lipinski definition) is 4. The van der Waals surface area contributed by atoms with Crippen molar-refractivity contribution < 1.29 is 9.90 Å². The van der Waals surface area contributed by atoms with Crippen LogP contribution in [0.5, 0.6) is 0 Å². The van der Waals surface area contributed by atoms with Crippen LogP contribution in [0.15, 0.2) is 23.0 Å². The molecule has 3 rings (SSSR count). The van der Waals surface area contributed by atoms with Crippen molar-refractivity contribution in [2.75, 3.05) is 0 Å². The first-order valence-electron chi connectivity index (χ1n) is 6.51. The highest BCUT2D eigenvalue weighted by Crippen LogP contribution is 2.10. The predicted octanol–water partition coefficient (Wildman–Crippen LogP) is 0.523. The molecule has 7 nitrogen and oxygen atoms in total. The van der Waals surface area contributed by atoms with Gasteiger partial charge < -0.3 is 5.11 Å². The zero-order valence-electron chi connectivity index (χ0n) is 10.8. The van der Waals surface area contributed by atoms with Crippen molar-refractivity contribution >= 4 is 5.97 Å². The Labute approximate surface area is 114 Å². The van der Waals surface area contributed by atoms with Crippen LogP contribution in [0, 0.1) is 0 Å². The summed E-state index contributed by atoms with van der Waals surface area (Å²) in [7, 11) is 0. The van der Waals surface area contributed by atoms with Crippen LogP contribution >= 0.6 is 0 Å². The fourth-order valence-electron chi connectivity index (χ4n) is 2.39. The van der Waals surface area contributed by atoms with E-state index in [2.05, 4.69) is 10.1 Å². The van der Waals surface area contributed by atoms with Crippen molar-refractivity contribution in [1.29, 1.82) is 0 Å². The highest BCUT2D eigenvalue weighted by atomic mass is 16.4. The fourth-order valence-corrected chi connectivity index (χ4v) is 2.39. The Morgan fingerprint density at radius 1 is 1.35 bits per heavy atom. The first kappa shape index (κ1) is 12.6. The van der Waals surface area contributed by atoms with Crippen molar-refractivity contribution in [1.82, 2.24) is 19.3 Å². The molecule has 0 aromatic carbocycles. The van der Waals surface area contributed by atoms with Gasteiger partial charge in [0, 0.05) is 13.0 Å². The summed E-state index contributed by atoms with van der Waals surface area (Å²) in [5.41, 5.74) is 0.337. The number of fused-ring (bicyclic) bond motifs is 1. The van der Waals surface area contributed by atoms with E-state index >= 15 is 0 Å². The van der Waals surface area contributed by atoms with Gasteiger partial charge in [0.15, 0.2) is 0 Å². The number of aromatic carboxylic acids is 1. The summed E-state index contributed by atoms with van der Waals surface area (Å²) < 4.78 is 3.04. The lowest BCUT2D eigenvalue weighted by atomic mass is 10.2. The van der Waals surface area contributed by atoms with Crippen LogP contribution in [0.25, 0.3) is 0 Å². The molecule has 0 unspecified atom stereocenters. The maximum atomic E-state index is 12.2. The van der Waals surface area contributed by atoms with Gasteiger partial charge in [-0.2, -0.15) is 5.10 Å². The number of rotatable bonds is 3. The van der Waals surface area contributed by atoms with Crippen molar-refractivity contribution in [3.8, 4) is 0 Å². The topological polar surface area (TPSA) is 90.0 Å². The maximum Gasteiger partial charge on any atom is 0.354 e. The number of aryl methyl sites for hydroxylation is 1. The summed E-state index contributed by atoms with van der Waals surface area (Å²) in [6.07, 6.45) is 2.85. The van der Waals surface area contributed by atoms with Gasteiger partial charge in [-0.3, -0.25) is 4.57 Å². The minimum Gasteiger partial charge on any atom is -0.477 e. The quantitative estimate of drug-likeness (QED) is 0.881. The zero-order valence-corrected chi connectivity index (χ0v) is 10.8. The molecule has 7 heteroatoms. The van der Waals surface area contributed by atoms with E-state index in [-0.39, 0.29) is 17.9 Å². The fraction of sp³-hybridized carbons (Fsp3) is 0.385. The van der Waals surface area contributed by atoms with Gasteiger partial charge in [-0.1, -0.05) is 6.07 Å². The Kier molecular flexibility index (Phi) is 3.09. The summed E-state index contributed by atoms with van der Waals surface area (Å²) >= 11 is 0. The van der Waals surface area contributed by atoms with Crippen LogP contribution in [0.2, 0.25) is 0 Å². The molecule has 0 spiro atoms. The molecule has 1 aliphatic heterocycles. The zero-order chi connectivity index (χ0) is 14.1. The monoisotopic (exact) mass is 274 g/mol. The molecule has 0 atom stereocenters. The number of nitrogens with zero attached hydrogens (tertiary/aromatic N) is 4. The molecule has 0 saturated heterocycles. The van der Waals surface area contributed by atoms with E-state index in [0.29, 0.717) is 12.2 Å². The van der Waals surface area contributed by atoms with Crippen LogP contribution in [0.1, 0.15) is 34.8 Å². The number of carbonyl (C=O) groups is 1. The summed E-state index contributed by atoms with van der Waals surface area (Å²) in [6, 6.07) is 4.73. The normalized spacial score (nSPS) is 14.0. The molecule has 0 radical (unpaired) electrons. The Morgan fingerprint density at radius 3 is 2.95 bits per heavy atom. The average molecular weight is 274 g/mol. The minimum absolute atomic E-state index is 0.0282. The number of pyridine rings is 1. The number of hydrogen-bond donors (Lipinski definition) is 1. The van der Waals surface area contributed by atoms with Crippen LogP contribution in [0.3, 0.4) is 0 Å². The SMILES string of the molecule is O=C(O)c1cccc(Cn2nc3n(c2=O)CCCC3)n1. The molecule has 2 aromatic rings. The van der Waals surface area contributed by atoms with E-state index < -0.39 is 5.97 Å². The smallest absolute Gasteiger partial charge is 0.354 e. The van der Waals surface area contributed by atoms with Gasteiger partial charge in [-0.05, 0) is 25.0 Å². The number of carboxylic acids is 1. The molecule has 1 N–H and O–H groups in total. The van der Waals surface area contributed by atoms with Crippen LogP contribution in [-0.4, -0.2) is 30.4 Å². The highest BCUT2D eigenvalue weighted by molar-refractivity contribution is 5.85.